The fourth-order valence-corrected chi connectivity index (χ4v) is 1.50. The Hall–Kier alpha value is -1.76. The van der Waals surface area contributed by atoms with Gasteiger partial charge in [-0.15, -0.1) is 0 Å². The third-order valence-corrected chi connectivity index (χ3v) is 2.35. The minimum Gasteiger partial charge on any atom is -0.275 e. The molecule has 0 atom stereocenters. The lowest BCUT2D eigenvalue weighted by molar-refractivity contribution is 0.767. The van der Waals surface area contributed by atoms with Crippen molar-refractivity contribution in [2.45, 2.75) is 13.3 Å². The van der Waals surface area contributed by atoms with Crippen LogP contribution in [0.2, 0.25) is 0 Å². The molecule has 6 nitrogen and oxygen atoms in total. The summed E-state index contributed by atoms with van der Waals surface area (Å²) in [6.07, 6.45) is 6.09. The summed E-state index contributed by atoms with van der Waals surface area (Å²) in [5, 5.41) is 15.1. The first-order valence-corrected chi connectivity index (χ1v) is 5.31. The maximum absolute atomic E-state index is 5.07. The molecule has 0 aliphatic carbocycles. The van der Waals surface area contributed by atoms with E-state index in [0.29, 0.717) is 4.77 Å². The first-order chi connectivity index (χ1) is 7.70. The Morgan fingerprint density at radius 2 is 2.44 bits per heavy atom. The SMILES string of the molecule is CCc1n[nH]c(=S)n1N=Cc1cnn(C)c1. The molecule has 0 fully saturated rings. The van der Waals surface area contributed by atoms with Gasteiger partial charge in [0.15, 0.2) is 5.82 Å². The second-order valence-electron chi connectivity index (χ2n) is 3.30. The topological polar surface area (TPSA) is 63.8 Å². The molecule has 0 amide bonds. The summed E-state index contributed by atoms with van der Waals surface area (Å²) in [4.78, 5) is 0. The van der Waals surface area contributed by atoms with Gasteiger partial charge in [0.05, 0.1) is 12.4 Å². The Balaban J connectivity index is 2.29. The van der Waals surface area contributed by atoms with Crippen LogP contribution in [-0.2, 0) is 13.5 Å². The van der Waals surface area contributed by atoms with Gasteiger partial charge in [0.25, 0.3) is 0 Å². The highest BCUT2D eigenvalue weighted by molar-refractivity contribution is 7.71. The molecule has 2 aromatic rings. The van der Waals surface area contributed by atoms with Crippen LogP contribution < -0.4 is 0 Å². The predicted octanol–water partition coefficient (Wildman–Crippen LogP) is 1.12. The summed E-state index contributed by atoms with van der Waals surface area (Å²) < 4.78 is 3.83. The molecule has 84 valence electrons. The molecule has 7 heteroatoms. The quantitative estimate of drug-likeness (QED) is 0.641. The van der Waals surface area contributed by atoms with E-state index in [-0.39, 0.29) is 0 Å². The van der Waals surface area contributed by atoms with Crippen molar-refractivity contribution in [2.24, 2.45) is 12.1 Å². The summed E-state index contributed by atoms with van der Waals surface area (Å²) in [5.41, 5.74) is 0.924. The Labute approximate surface area is 97.6 Å². The smallest absolute Gasteiger partial charge is 0.216 e. The highest BCUT2D eigenvalue weighted by atomic mass is 32.1. The number of aryl methyl sites for hydroxylation is 2. The number of nitrogens with zero attached hydrogens (tertiary/aromatic N) is 5. The van der Waals surface area contributed by atoms with Crippen LogP contribution in [0.15, 0.2) is 17.5 Å². The van der Waals surface area contributed by atoms with E-state index in [1.54, 1.807) is 21.8 Å². The number of rotatable bonds is 3. The molecule has 0 aliphatic rings. The molecule has 16 heavy (non-hydrogen) atoms. The van der Waals surface area contributed by atoms with Gasteiger partial charge in [0.2, 0.25) is 4.77 Å². The summed E-state index contributed by atoms with van der Waals surface area (Å²) in [6, 6.07) is 0. The Bertz CT molecular complexity index is 561. The summed E-state index contributed by atoms with van der Waals surface area (Å²) in [5.74, 6) is 0.810. The van der Waals surface area contributed by atoms with Gasteiger partial charge in [-0.2, -0.15) is 20.0 Å². The average Bonchev–Trinajstić information content (AvgIpc) is 2.82. The molecule has 1 N–H and O–H groups in total. The zero-order valence-corrected chi connectivity index (χ0v) is 9.90. The zero-order valence-electron chi connectivity index (χ0n) is 9.08. The summed E-state index contributed by atoms with van der Waals surface area (Å²) in [6.45, 7) is 2.00. The fraction of sp³-hybridized carbons (Fsp3) is 0.333. The predicted molar refractivity (Wildman–Crippen MR) is 63.0 cm³/mol. The van der Waals surface area contributed by atoms with Crippen molar-refractivity contribution in [3.8, 4) is 0 Å². The van der Waals surface area contributed by atoms with Crippen LogP contribution >= 0.6 is 12.2 Å². The molecule has 0 aromatic carbocycles. The van der Waals surface area contributed by atoms with Crippen LogP contribution in [0.3, 0.4) is 0 Å². The van der Waals surface area contributed by atoms with Gasteiger partial charge in [-0.3, -0.25) is 9.78 Å². The maximum Gasteiger partial charge on any atom is 0.216 e. The van der Waals surface area contributed by atoms with Crippen molar-refractivity contribution in [1.29, 1.82) is 0 Å². The van der Waals surface area contributed by atoms with Gasteiger partial charge in [-0.25, -0.2) is 0 Å². The van der Waals surface area contributed by atoms with Crippen molar-refractivity contribution in [2.75, 3.05) is 0 Å². The van der Waals surface area contributed by atoms with Crippen molar-refractivity contribution >= 4 is 18.4 Å². The zero-order chi connectivity index (χ0) is 11.5. The summed E-state index contributed by atoms with van der Waals surface area (Å²) >= 11 is 5.07. The van der Waals surface area contributed by atoms with Crippen molar-refractivity contribution < 1.29 is 0 Å². The molecule has 0 unspecified atom stereocenters. The Morgan fingerprint density at radius 3 is 3.06 bits per heavy atom. The molecule has 0 saturated heterocycles. The second kappa shape index (κ2) is 4.40. The van der Waals surface area contributed by atoms with E-state index in [0.717, 1.165) is 17.8 Å². The molecule has 0 radical (unpaired) electrons. The fourth-order valence-electron chi connectivity index (χ4n) is 1.30. The van der Waals surface area contributed by atoms with Gasteiger partial charge < -0.3 is 0 Å². The van der Waals surface area contributed by atoms with E-state index in [1.165, 1.54) is 0 Å². The number of aromatic nitrogens is 5. The van der Waals surface area contributed by atoms with Gasteiger partial charge >= 0.3 is 0 Å². The Morgan fingerprint density at radius 1 is 1.62 bits per heavy atom. The van der Waals surface area contributed by atoms with Gasteiger partial charge in [-0.1, -0.05) is 6.92 Å². The van der Waals surface area contributed by atoms with E-state index < -0.39 is 0 Å². The van der Waals surface area contributed by atoms with Crippen molar-refractivity contribution in [3.63, 3.8) is 0 Å². The lowest BCUT2D eigenvalue weighted by Gasteiger charge is -1.94. The van der Waals surface area contributed by atoms with E-state index in [2.05, 4.69) is 20.4 Å². The maximum atomic E-state index is 5.07. The lowest BCUT2D eigenvalue weighted by Crippen LogP contribution is -1.97. The third-order valence-electron chi connectivity index (χ3n) is 2.08. The standard InChI is InChI=1S/C9H12N6S/c1-3-8-12-13-9(16)15(8)11-5-7-4-10-14(2)6-7/h4-6H,3H2,1-2H3,(H,13,16). The second-order valence-corrected chi connectivity index (χ2v) is 3.69. The van der Waals surface area contributed by atoms with Gasteiger partial charge in [-0.05, 0) is 12.2 Å². The van der Waals surface area contributed by atoms with Crippen LogP contribution in [0.5, 0.6) is 0 Å². The van der Waals surface area contributed by atoms with Gasteiger partial charge in [0, 0.05) is 25.2 Å². The largest absolute Gasteiger partial charge is 0.275 e. The van der Waals surface area contributed by atoms with Crippen LogP contribution in [0.1, 0.15) is 18.3 Å². The van der Waals surface area contributed by atoms with Crippen molar-refractivity contribution in [1.82, 2.24) is 24.7 Å². The molecular weight excluding hydrogens is 224 g/mol. The minimum absolute atomic E-state index is 0.497. The molecule has 2 rings (SSSR count). The molecular formula is C9H12N6S. The molecule has 2 heterocycles. The minimum atomic E-state index is 0.497. The summed E-state index contributed by atoms with van der Waals surface area (Å²) in [7, 11) is 1.86. The molecule has 0 aliphatic heterocycles. The monoisotopic (exact) mass is 236 g/mol. The van der Waals surface area contributed by atoms with Crippen molar-refractivity contribution in [3.05, 3.63) is 28.6 Å². The molecule has 2 aromatic heterocycles. The van der Waals surface area contributed by atoms with E-state index >= 15 is 0 Å². The van der Waals surface area contributed by atoms with Crippen LogP contribution in [0.4, 0.5) is 0 Å². The number of hydrogen-bond acceptors (Lipinski definition) is 4. The highest BCUT2D eigenvalue weighted by Gasteiger charge is 2.01. The van der Waals surface area contributed by atoms with E-state index in [9.17, 15) is 0 Å². The first-order valence-electron chi connectivity index (χ1n) is 4.90. The van der Waals surface area contributed by atoms with E-state index in [1.807, 2.05) is 20.2 Å². The van der Waals surface area contributed by atoms with Crippen LogP contribution in [0.25, 0.3) is 0 Å². The first kappa shape index (κ1) is 10.7. The number of H-pyrrole nitrogens is 1. The molecule has 0 bridgehead atoms. The normalized spacial score (nSPS) is 11.4. The average molecular weight is 236 g/mol. The molecule has 0 saturated carbocycles. The number of hydrogen-bond donors (Lipinski definition) is 1. The van der Waals surface area contributed by atoms with Crippen LogP contribution in [-0.4, -0.2) is 30.9 Å². The Kier molecular flexibility index (Phi) is 2.95. The van der Waals surface area contributed by atoms with Crippen LogP contribution in [0, 0.1) is 4.77 Å². The number of aromatic amines is 1. The number of nitrogens with one attached hydrogen (secondary N) is 1. The third kappa shape index (κ3) is 2.08. The van der Waals surface area contributed by atoms with Gasteiger partial charge in [0.1, 0.15) is 0 Å². The highest BCUT2D eigenvalue weighted by Crippen LogP contribution is 1.99. The lowest BCUT2D eigenvalue weighted by atomic mass is 10.4. The molecule has 0 spiro atoms. The van der Waals surface area contributed by atoms with E-state index in [4.69, 9.17) is 12.2 Å².